The van der Waals surface area contributed by atoms with Crippen molar-refractivity contribution in [3.63, 3.8) is 0 Å². The van der Waals surface area contributed by atoms with E-state index in [4.69, 9.17) is 27.9 Å². The number of benzene rings is 3. The third-order valence-electron chi connectivity index (χ3n) is 4.92. The van der Waals surface area contributed by atoms with Gasteiger partial charge in [0.25, 0.3) is 5.91 Å². The summed E-state index contributed by atoms with van der Waals surface area (Å²) in [6.45, 7) is 4.14. The number of halogens is 2. The Morgan fingerprint density at radius 2 is 1.73 bits per heavy atom. The molecule has 0 aliphatic rings. The molecule has 0 saturated carbocycles. The van der Waals surface area contributed by atoms with Gasteiger partial charge >= 0.3 is 0 Å². The third kappa shape index (κ3) is 6.06. The van der Waals surface area contributed by atoms with Gasteiger partial charge in [-0.15, -0.1) is 0 Å². The number of carbonyl (C=O) groups excluding carboxylic acids is 1. The number of hydrogen-bond acceptors (Lipinski definition) is 4. The van der Waals surface area contributed by atoms with Crippen molar-refractivity contribution < 1.29 is 17.9 Å². The lowest BCUT2D eigenvalue weighted by Gasteiger charge is -2.20. The Balaban J connectivity index is 1.88. The van der Waals surface area contributed by atoms with Gasteiger partial charge in [0.05, 0.1) is 22.2 Å². The van der Waals surface area contributed by atoms with E-state index in [2.05, 4.69) is 5.32 Å². The fourth-order valence-corrected chi connectivity index (χ4v) is 4.75. The number of ether oxygens (including phenoxy) is 1. The van der Waals surface area contributed by atoms with E-state index in [1.165, 1.54) is 17.4 Å². The minimum absolute atomic E-state index is 0.0222. The zero-order valence-corrected chi connectivity index (χ0v) is 20.8. The first-order valence-corrected chi connectivity index (χ1v) is 12.4. The maximum Gasteiger partial charge on any atom is 0.255 e. The Labute approximate surface area is 204 Å². The summed E-state index contributed by atoms with van der Waals surface area (Å²) in [5.74, 6) is 0.108. The number of rotatable bonds is 8. The zero-order chi connectivity index (χ0) is 24.2. The summed E-state index contributed by atoms with van der Waals surface area (Å²) in [7, 11) is -2.24. The zero-order valence-electron chi connectivity index (χ0n) is 18.4. The van der Waals surface area contributed by atoms with Gasteiger partial charge in [0.1, 0.15) is 5.75 Å². The maximum atomic E-state index is 13.0. The molecule has 0 fully saturated rings. The lowest BCUT2D eigenvalue weighted by atomic mass is 10.1. The van der Waals surface area contributed by atoms with Crippen LogP contribution in [0.25, 0.3) is 0 Å². The van der Waals surface area contributed by atoms with Gasteiger partial charge in [-0.2, -0.15) is 4.31 Å². The molecule has 0 unspecified atom stereocenters. The standard InChI is InChI=1S/C24H24Cl2N2O4S/c1-4-32-23-12-7-17(24(29)27-22-11-8-19(25)14-21(22)26)13-18(23)15-28(3)33(30,31)20-9-5-16(2)6-10-20/h5-14H,4,15H2,1-3H3,(H,27,29). The monoisotopic (exact) mass is 506 g/mol. The van der Waals surface area contributed by atoms with E-state index in [0.29, 0.717) is 39.2 Å². The van der Waals surface area contributed by atoms with E-state index >= 15 is 0 Å². The SMILES string of the molecule is CCOc1ccc(C(=O)Nc2ccc(Cl)cc2Cl)cc1CN(C)S(=O)(=O)c1ccc(C)cc1. The lowest BCUT2D eigenvalue weighted by molar-refractivity contribution is 0.102. The van der Waals surface area contributed by atoms with Gasteiger partial charge in [-0.25, -0.2) is 8.42 Å². The first-order chi connectivity index (χ1) is 15.6. The first kappa shape index (κ1) is 25.1. The highest BCUT2D eigenvalue weighted by atomic mass is 35.5. The summed E-state index contributed by atoms with van der Waals surface area (Å²) in [5.41, 5.74) is 2.28. The Bertz CT molecular complexity index is 1260. The van der Waals surface area contributed by atoms with Crippen molar-refractivity contribution in [2.75, 3.05) is 19.0 Å². The van der Waals surface area contributed by atoms with Crippen molar-refractivity contribution in [1.29, 1.82) is 0 Å². The highest BCUT2D eigenvalue weighted by molar-refractivity contribution is 7.89. The van der Waals surface area contributed by atoms with Gasteiger partial charge in [0.15, 0.2) is 0 Å². The van der Waals surface area contributed by atoms with Gasteiger partial charge in [-0.3, -0.25) is 4.79 Å². The van der Waals surface area contributed by atoms with E-state index in [1.807, 2.05) is 13.8 Å². The summed E-state index contributed by atoms with van der Waals surface area (Å²) >= 11 is 12.1. The number of anilines is 1. The molecule has 9 heteroatoms. The lowest BCUT2D eigenvalue weighted by Crippen LogP contribution is -2.27. The quantitative estimate of drug-likeness (QED) is 0.420. The molecule has 3 rings (SSSR count). The molecule has 0 radical (unpaired) electrons. The van der Waals surface area contributed by atoms with Crippen molar-refractivity contribution in [1.82, 2.24) is 4.31 Å². The van der Waals surface area contributed by atoms with E-state index in [-0.39, 0.29) is 11.4 Å². The molecule has 6 nitrogen and oxygen atoms in total. The predicted octanol–water partition coefficient (Wildman–Crippen LogP) is 5.77. The van der Waals surface area contributed by atoms with Gasteiger partial charge in [0.2, 0.25) is 10.0 Å². The molecular weight excluding hydrogens is 483 g/mol. The van der Waals surface area contributed by atoms with Crippen LogP contribution in [-0.2, 0) is 16.6 Å². The van der Waals surface area contributed by atoms with Gasteiger partial charge < -0.3 is 10.1 Å². The highest BCUT2D eigenvalue weighted by Gasteiger charge is 2.23. The molecule has 0 aliphatic carbocycles. The van der Waals surface area contributed by atoms with Crippen LogP contribution in [0.3, 0.4) is 0 Å². The molecular formula is C24H24Cl2N2O4S. The van der Waals surface area contributed by atoms with Crippen LogP contribution in [-0.4, -0.2) is 32.3 Å². The summed E-state index contributed by atoms with van der Waals surface area (Å²) in [5, 5.41) is 3.51. The number of carbonyl (C=O) groups is 1. The van der Waals surface area contributed by atoms with Crippen molar-refractivity contribution in [2.24, 2.45) is 0 Å². The molecule has 33 heavy (non-hydrogen) atoms. The molecule has 174 valence electrons. The number of nitrogens with one attached hydrogen (secondary N) is 1. The summed E-state index contributed by atoms with van der Waals surface area (Å²) < 4.78 is 32.9. The summed E-state index contributed by atoms with van der Waals surface area (Å²) in [4.78, 5) is 13.0. The first-order valence-electron chi connectivity index (χ1n) is 10.2. The second-order valence-corrected chi connectivity index (χ2v) is 10.3. The second kappa shape index (κ2) is 10.6. The van der Waals surface area contributed by atoms with Crippen LogP contribution in [0, 0.1) is 6.92 Å². The molecule has 0 aromatic heterocycles. The molecule has 0 spiro atoms. The molecule has 1 N–H and O–H groups in total. The highest BCUT2D eigenvalue weighted by Crippen LogP contribution is 2.28. The fraction of sp³-hybridized carbons (Fsp3) is 0.208. The molecule has 0 aliphatic heterocycles. The van der Waals surface area contributed by atoms with E-state index in [9.17, 15) is 13.2 Å². The predicted molar refractivity (Wildman–Crippen MR) is 132 cm³/mol. The Morgan fingerprint density at radius 3 is 2.36 bits per heavy atom. The van der Waals surface area contributed by atoms with Gasteiger partial charge in [-0.05, 0) is 62.4 Å². The van der Waals surface area contributed by atoms with Crippen molar-refractivity contribution in [2.45, 2.75) is 25.3 Å². The van der Waals surface area contributed by atoms with Crippen molar-refractivity contribution >= 4 is 44.8 Å². The molecule has 0 saturated heterocycles. The Morgan fingerprint density at radius 1 is 1.03 bits per heavy atom. The molecule has 0 atom stereocenters. The van der Waals surface area contributed by atoms with Crippen LogP contribution < -0.4 is 10.1 Å². The number of sulfonamides is 1. The number of amides is 1. The van der Waals surface area contributed by atoms with Crippen LogP contribution in [0.15, 0.2) is 65.6 Å². The number of hydrogen-bond donors (Lipinski definition) is 1. The molecule has 3 aromatic carbocycles. The van der Waals surface area contributed by atoms with Gasteiger partial charge in [-0.1, -0.05) is 40.9 Å². The van der Waals surface area contributed by atoms with Crippen LogP contribution in [0.4, 0.5) is 5.69 Å². The van der Waals surface area contributed by atoms with Crippen LogP contribution in [0.2, 0.25) is 10.0 Å². The smallest absolute Gasteiger partial charge is 0.255 e. The van der Waals surface area contributed by atoms with E-state index in [1.54, 1.807) is 54.6 Å². The Kier molecular flexibility index (Phi) is 8.02. The second-order valence-electron chi connectivity index (χ2n) is 7.41. The molecule has 0 heterocycles. The summed E-state index contributed by atoms with van der Waals surface area (Å²) in [6.07, 6.45) is 0. The summed E-state index contributed by atoms with van der Waals surface area (Å²) in [6, 6.07) is 16.3. The largest absolute Gasteiger partial charge is 0.494 e. The van der Waals surface area contributed by atoms with E-state index < -0.39 is 15.9 Å². The average Bonchev–Trinajstić information content (AvgIpc) is 2.77. The third-order valence-corrected chi connectivity index (χ3v) is 7.29. The maximum absolute atomic E-state index is 13.0. The van der Waals surface area contributed by atoms with E-state index in [0.717, 1.165) is 5.56 Å². The van der Waals surface area contributed by atoms with Crippen LogP contribution in [0.1, 0.15) is 28.4 Å². The fourth-order valence-electron chi connectivity index (χ4n) is 3.14. The van der Waals surface area contributed by atoms with Crippen molar-refractivity contribution in [3.8, 4) is 5.75 Å². The van der Waals surface area contributed by atoms with Crippen LogP contribution in [0.5, 0.6) is 5.75 Å². The number of nitrogens with zero attached hydrogens (tertiary/aromatic N) is 1. The normalized spacial score (nSPS) is 11.5. The minimum atomic E-state index is -3.73. The molecule has 0 bridgehead atoms. The number of aryl methyl sites for hydroxylation is 1. The average molecular weight is 507 g/mol. The topological polar surface area (TPSA) is 75.7 Å². The minimum Gasteiger partial charge on any atom is -0.494 e. The van der Waals surface area contributed by atoms with Crippen LogP contribution >= 0.6 is 23.2 Å². The van der Waals surface area contributed by atoms with Gasteiger partial charge in [0, 0.05) is 29.7 Å². The van der Waals surface area contributed by atoms with Crippen molar-refractivity contribution in [3.05, 3.63) is 87.4 Å². The molecule has 3 aromatic rings. The Hall–Kier alpha value is -2.58. The molecule has 1 amide bonds.